The van der Waals surface area contributed by atoms with E-state index in [1.807, 2.05) is 0 Å². The van der Waals surface area contributed by atoms with Gasteiger partial charge in [-0.3, -0.25) is 4.90 Å². The van der Waals surface area contributed by atoms with Crippen LogP contribution in [0.15, 0.2) is 15.9 Å². The Labute approximate surface area is 116 Å². The second-order valence-electron chi connectivity index (χ2n) is 4.16. The minimum absolute atomic E-state index is 0.294. The zero-order valence-electron chi connectivity index (χ0n) is 10.2. The Morgan fingerprint density at radius 1 is 1.41 bits per heavy atom. The molecule has 0 aliphatic carbocycles. The molecule has 0 aliphatic rings. The van der Waals surface area contributed by atoms with Gasteiger partial charge in [0.2, 0.25) is 0 Å². The largest absolute Gasteiger partial charge is 0.396 e. The van der Waals surface area contributed by atoms with Crippen LogP contribution >= 0.6 is 27.3 Å². The normalized spacial score (nSPS) is 13.2. The molecule has 0 saturated heterocycles. The number of aliphatic hydroxyl groups is 1. The highest BCUT2D eigenvalue weighted by Crippen LogP contribution is 2.29. The van der Waals surface area contributed by atoms with Crippen molar-refractivity contribution >= 4 is 27.3 Å². The van der Waals surface area contributed by atoms with Crippen molar-refractivity contribution < 1.29 is 5.11 Å². The van der Waals surface area contributed by atoms with Crippen LogP contribution < -0.4 is 5.73 Å². The molecule has 0 aliphatic heterocycles. The molecule has 1 aromatic rings. The van der Waals surface area contributed by atoms with Crippen LogP contribution in [-0.2, 0) is 0 Å². The molecule has 0 bridgehead atoms. The van der Waals surface area contributed by atoms with Gasteiger partial charge < -0.3 is 10.8 Å². The number of hydrogen-bond donors (Lipinski definition) is 2. The van der Waals surface area contributed by atoms with Gasteiger partial charge in [0, 0.05) is 18.0 Å². The van der Waals surface area contributed by atoms with Gasteiger partial charge in [0.05, 0.1) is 9.83 Å². The smallest absolute Gasteiger partial charge is 0.0702 e. The van der Waals surface area contributed by atoms with E-state index in [2.05, 4.69) is 40.0 Å². The van der Waals surface area contributed by atoms with Gasteiger partial charge in [-0.25, -0.2) is 0 Å². The summed E-state index contributed by atoms with van der Waals surface area (Å²) in [4.78, 5) is 3.61. The zero-order chi connectivity index (χ0) is 12.7. The lowest BCUT2D eigenvalue weighted by atomic mass is 10.2. The highest BCUT2D eigenvalue weighted by Gasteiger charge is 2.16. The summed E-state index contributed by atoms with van der Waals surface area (Å²) in [5.74, 6) is 0. The monoisotopic (exact) mass is 320 g/mol. The predicted octanol–water partition coefficient (Wildman–Crippen LogP) is 2.60. The van der Waals surface area contributed by atoms with Crippen molar-refractivity contribution in [2.24, 2.45) is 5.73 Å². The van der Waals surface area contributed by atoms with Crippen LogP contribution in [-0.4, -0.2) is 36.8 Å². The lowest BCUT2D eigenvalue weighted by molar-refractivity contribution is 0.238. The molecular weight excluding hydrogens is 300 g/mol. The number of nitrogens with zero attached hydrogens (tertiary/aromatic N) is 1. The minimum Gasteiger partial charge on any atom is -0.396 e. The summed E-state index contributed by atoms with van der Waals surface area (Å²) in [5, 5.41) is 8.73. The lowest BCUT2D eigenvalue weighted by Crippen LogP contribution is -2.30. The maximum Gasteiger partial charge on any atom is 0.0702 e. The summed E-state index contributed by atoms with van der Waals surface area (Å²) in [7, 11) is 2.12. The van der Waals surface area contributed by atoms with Crippen LogP contribution in [0.5, 0.6) is 0 Å². The molecule has 0 aromatic carbocycles. The van der Waals surface area contributed by atoms with Gasteiger partial charge in [-0.2, -0.15) is 0 Å². The molecule has 0 fully saturated rings. The first-order chi connectivity index (χ1) is 8.19. The van der Waals surface area contributed by atoms with Gasteiger partial charge in [-0.15, -0.1) is 11.3 Å². The zero-order valence-corrected chi connectivity index (χ0v) is 12.6. The summed E-state index contributed by atoms with van der Waals surface area (Å²) in [6, 6.07) is 4.51. The van der Waals surface area contributed by atoms with E-state index in [1.54, 1.807) is 11.3 Å². The van der Waals surface area contributed by atoms with Crippen LogP contribution in [0.2, 0.25) is 0 Å². The van der Waals surface area contributed by atoms with E-state index >= 15 is 0 Å². The molecule has 5 heteroatoms. The van der Waals surface area contributed by atoms with Crippen molar-refractivity contribution in [3.63, 3.8) is 0 Å². The van der Waals surface area contributed by atoms with Crippen molar-refractivity contribution in [3.8, 4) is 0 Å². The van der Waals surface area contributed by atoms with E-state index in [1.165, 1.54) is 4.88 Å². The fourth-order valence-corrected chi connectivity index (χ4v) is 3.43. The average Bonchev–Trinajstić information content (AvgIpc) is 2.72. The fourth-order valence-electron chi connectivity index (χ4n) is 1.83. The first kappa shape index (κ1) is 15.1. The molecule has 1 aromatic heterocycles. The van der Waals surface area contributed by atoms with E-state index in [0.29, 0.717) is 19.2 Å². The van der Waals surface area contributed by atoms with Gasteiger partial charge in [0.1, 0.15) is 0 Å². The number of unbranched alkanes of at least 4 members (excludes halogenated alkanes) is 2. The highest BCUT2D eigenvalue weighted by atomic mass is 79.9. The Kier molecular flexibility index (Phi) is 7.30. The number of aliphatic hydroxyl groups excluding tert-OH is 1. The van der Waals surface area contributed by atoms with Gasteiger partial charge in [0.25, 0.3) is 0 Å². The lowest BCUT2D eigenvalue weighted by Gasteiger charge is -2.26. The number of hydrogen-bond acceptors (Lipinski definition) is 4. The van der Waals surface area contributed by atoms with Gasteiger partial charge >= 0.3 is 0 Å². The molecule has 98 valence electrons. The van der Waals surface area contributed by atoms with Crippen LogP contribution in [0.3, 0.4) is 0 Å². The topological polar surface area (TPSA) is 49.5 Å². The Morgan fingerprint density at radius 3 is 2.71 bits per heavy atom. The van der Waals surface area contributed by atoms with E-state index in [4.69, 9.17) is 10.8 Å². The third-order valence-electron chi connectivity index (χ3n) is 2.85. The average molecular weight is 321 g/mol. The summed E-state index contributed by atoms with van der Waals surface area (Å²) in [6.45, 7) is 1.96. The summed E-state index contributed by atoms with van der Waals surface area (Å²) in [6.07, 6.45) is 3.08. The van der Waals surface area contributed by atoms with Crippen LogP contribution in [0.4, 0.5) is 0 Å². The Balaban J connectivity index is 2.44. The summed E-state index contributed by atoms with van der Waals surface area (Å²) in [5.41, 5.74) is 5.86. The molecule has 1 unspecified atom stereocenters. The quantitative estimate of drug-likeness (QED) is 0.724. The highest BCUT2D eigenvalue weighted by molar-refractivity contribution is 9.11. The van der Waals surface area contributed by atoms with Crippen molar-refractivity contribution in [1.29, 1.82) is 0 Å². The van der Waals surface area contributed by atoms with E-state index in [0.717, 1.165) is 29.6 Å². The molecule has 0 saturated carbocycles. The number of rotatable bonds is 8. The summed E-state index contributed by atoms with van der Waals surface area (Å²) < 4.78 is 1.15. The molecule has 3 nitrogen and oxygen atoms in total. The molecule has 0 spiro atoms. The fraction of sp³-hybridized carbons (Fsp3) is 0.667. The molecule has 3 N–H and O–H groups in total. The van der Waals surface area contributed by atoms with E-state index < -0.39 is 0 Å². The molecule has 17 heavy (non-hydrogen) atoms. The second-order valence-corrected chi connectivity index (χ2v) is 6.65. The Hall–Kier alpha value is 0.0600. The van der Waals surface area contributed by atoms with Crippen molar-refractivity contribution in [1.82, 2.24) is 4.90 Å². The van der Waals surface area contributed by atoms with Crippen LogP contribution in [0.1, 0.15) is 30.2 Å². The van der Waals surface area contributed by atoms with Gasteiger partial charge in [-0.1, -0.05) is 0 Å². The third-order valence-corrected chi connectivity index (χ3v) is 4.57. The number of thiophene rings is 1. The molecular formula is C12H21BrN2OS. The van der Waals surface area contributed by atoms with Crippen LogP contribution in [0, 0.1) is 0 Å². The standard InChI is InChI=1S/C12H21BrN2OS/c1-15(7-3-2-4-8-16)10(9-14)11-5-6-12(13)17-11/h5-6,10,16H,2-4,7-9,14H2,1H3. The molecule has 0 amide bonds. The number of nitrogens with two attached hydrogens (primary N) is 1. The Morgan fingerprint density at radius 2 is 2.18 bits per heavy atom. The number of halogens is 1. The van der Waals surface area contributed by atoms with E-state index in [9.17, 15) is 0 Å². The third kappa shape index (κ3) is 5.06. The van der Waals surface area contributed by atoms with Crippen molar-refractivity contribution in [2.75, 3.05) is 26.7 Å². The molecule has 1 atom stereocenters. The molecule has 1 rings (SSSR count). The van der Waals surface area contributed by atoms with E-state index in [-0.39, 0.29) is 0 Å². The minimum atomic E-state index is 0.294. The maximum atomic E-state index is 8.73. The first-order valence-electron chi connectivity index (χ1n) is 5.95. The second kappa shape index (κ2) is 8.21. The van der Waals surface area contributed by atoms with Crippen molar-refractivity contribution in [2.45, 2.75) is 25.3 Å². The maximum absolute atomic E-state index is 8.73. The number of likely N-dealkylation sites (N-methyl/N-ethyl adjacent to an activating group) is 1. The van der Waals surface area contributed by atoms with Crippen LogP contribution in [0.25, 0.3) is 0 Å². The van der Waals surface area contributed by atoms with Gasteiger partial charge in [-0.05, 0) is 60.9 Å². The van der Waals surface area contributed by atoms with Gasteiger partial charge in [0.15, 0.2) is 0 Å². The first-order valence-corrected chi connectivity index (χ1v) is 7.56. The molecule has 0 radical (unpaired) electrons. The predicted molar refractivity (Wildman–Crippen MR) is 77.4 cm³/mol. The van der Waals surface area contributed by atoms with Crippen molar-refractivity contribution in [3.05, 3.63) is 20.8 Å². The summed E-state index contributed by atoms with van der Waals surface area (Å²) >= 11 is 5.23. The Bertz CT molecular complexity index is 319. The molecule has 1 heterocycles. The SMILES string of the molecule is CN(CCCCCO)C(CN)c1ccc(Br)s1.